The summed E-state index contributed by atoms with van der Waals surface area (Å²) in [6, 6.07) is 0. The highest BCUT2D eigenvalue weighted by molar-refractivity contribution is 5.85. The second-order valence-corrected chi connectivity index (χ2v) is 5.47. The first-order valence-corrected chi connectivity index (χ1v) is 6.70. The van der Waals surface area contributed by atoms with Crippen molar-refractivity contribution in [2.75, 3.05) is 26.7 Å². The molecule has 0 radical (unpaired) electrons. The molecule has 1 aliphatic heterocycles. The predicted octanol–water partition coefficient (Wildman–Crippen LogP) is 2.06. The largest absolute Gasteiger partial charge is 0.345 e. The molecule has 0 spiro atoms. The topological polar surface area (TPSA) is 32.3 Å². The molecule has 1 saturated carbocycles. The Kier molecular flexibility index (Phi) is 6.28. The van der Waals surface area contributed by atoms with Gasteiger partial charge in [0.25, 0.3) is 0 Å². The molecule has 2 fully saturated rings. The Morgan fingerprint density at radius 1 is 1.29 bits per heavy atom. The Bertz CT molecular complexity index is 238. The molecule has 0 aromatic rings. The number of hydrogen-bond acceptors (Lipinski definition) is 2. The first kappa shape index (κ1) is 14.8. The Balaban J connectivity index is 0.00000144. The quantitative estimate of drug-likeness (QED) is 0.821. The smallest absolute Gasteiger partial charge is 0.222 e. The van der Waals surface area contributed by atoms with Crippen LogP contribution in [0.3, 0.4) is 0 Å². The molecule has 17 heavy (non-hydrogen) atoms. The lowest BCUT2D eigenvalue weighted by molar-refractivity contribution is -0.131. The molecule has 1 saturated heterocycles. The fraction of sp³-hybridized carbons (Fsp3) is 0.923. The van der Waals surface area contributed by atoms with E-state index in [4.69, 9.17) is 0 Å². The van der Waals surface area contributed by atoms with Crippen molar-refractivity contribution in [2.45, 2.75) is 38.5 Å². The van der Waals surface area contributed by atoms with Gasteiger partial charge in [0.05, 0.1) is 0 Å². The molecule has 0 bridgehead atoms. The van der Waals surface area contributed by atoms with Gasteiger partial charge in [0.1, 0.15) is 0 Å². The van der Waals surface area contributed by atoms with E-state index in [1.807, 2.05) is 11.9 Å². The zero-order valence-corrected chi connectivity index (χ0v) is 11.6. The van der Waals surface area contributed by atoms with Crippen LogP contribution in [0.5, 0.6) is 0 Å². The number of carbonyl (C=O) groups excluding carboxylic acids is 1. The fourth-order valence-electron chi connectivity index (χ4n) is 2.64. The highest BCUT2D eigenvalue weighted by Gasteiger charge is 2.22. The summed E-state index contributed by atoms with van der Waals surface area (Å²) in [5, 5.41) is 3.35. The molecule has 1 amide bonds. The van der Waals surface area contributed by atoms with Crippen LogP contribution in [0.2, 0.25) is 0 Å². The van der Waals surface area contributed by atoms with Gasteiger partial charge in [-0.3, -0.25) is 4.79 Å². The molecular weight excluding hydrogens is 236 g/mol. The summed E-state index contributed by atoms with van der Waals surface area (Å²) in [5.74, 6) is 1.88. The first-order valence-electron chi connectivity index (χ1n) is 6.70. The van der Waals surface area contributed by atoms with Gasteiger partial charge in [-0.15, -0.1) is 12.4 Å². The van der Waals surface area contributed by atoms with Crippen LogP contribution in [0, 0.1) is 11.8 Å². The van der Waals surface area contributed by atoms with Gasteiger partial charge < -0.3 is 10.2 Å². The zero-order chi connectivity index (χ0) is 11.4. The Hall–Kier alpha value is -0.280. The van der Waals surface area contributed by atoms with E-state index in [0.29, 0.717) is 5.91 Å². The number of amides is 1. The van der Waals surface area contributed by atoms with E-state index in [1.54, 1.807) is 0 Å². The van der Waals surface area contributed by atoms with E-state index in [-0.39, 0.29) is 12.4 Å². The van der Waals surface area contributed by atoms with Crippen molar-refractivity contribution in [1.29, 1.82) is 0 Å². The van der Waals surface area contributed by atoms with Crippen LogP contribution >= 0.6 is 12.4 Å². The van der Waals surface area contributed by atoms with Gasteiger partial charge >= 0.3 is 0 Å². The maximum absolute atomic E-state index is 11.9. The van der Waals surface area contributed by atoms with E-state index in [9.17, 15) is 4.79 Å². The van der Waals surface area contributed by atoms with Gasteiger partial charge in [-0.1, -0.05) is 6.42 Å². The normalized spacial score (nSPS) is 23.9. The van der Waals surface area contributed by atoms with Crippen molar-refractivity contribution in [3.63, 3.8) is 0 Å². The van der Waals surface area contributed by atoms with Crippen molar-refractivity contribution in [2.24, 2.45) is 11.8 Å². The molecule has 1 N–H and O–H groups in total. The molecule has 0 aromatic carbocycles. The van der Waals surface area contributed by atoms with Crippen LogP contribution in [0.4, 0.5) is 0 Å². The average Bonchev–Trinajstić information content (AvgIpc) is 2.72. The van der Waals surface area contributed by atoms with E-state index >= 15 is 0 Å². The lowest BCUT2D eigenvalue weighted by atomic mass is 9.85. The third-order valence-corrected chi connectivity index (χ3v) is 4.11. The summed E-state index contributed by atoms with van der Waals surface area (Å²) >= 11 is 0. The summed E-state index contributed by atoms with van der Waals surface area (Å²) in [6.07, 6.45) is 7.07. The second-order valence-electron chi connectivity index (χ2n) is 5.47. The SMILES string of the molecule is CN(CC1CCC1)C(=O)CCC1CCNC1.Cl. The lowest BCUT2D eigenvalue weighted by Crippen LogP contribution is -2.34. The van der Waals surface area contributed by atoms with E-state index in [0.717, 1.165) is 44.3 Å². The van der Waals surface area contributed by atoms with Crippen molar-refractivity contribution in [1.82, 2.24) is 10.2 Å². The Morgan fingerprint density at radius 2 is 2.06 bits per heavy atom. The van der Waals surface area contributed by atoms with Gasteiger partial charge in [-0.25, -0.2) is 0 Å². The third kappa shape index (κ3) is 4.47. The van der Waals surface area contributed by atoms with Crippen LogP contribution in [-0.2, 0) is 4.79 Å². The van der Waals surface area contributed by atoms with Crippen LogP contribution in [0.15, 0.2) is 0 Å². The summed E-state index contributed by atoms with van der Waals surface area (Å²) in [4.78, 5) is 13.8. The average molecular weight is 261 g/mol. The van der Waals surface area contributed by atoms with Crippen molar-refractivity contribution in [3.8, 4) is 0 Å². The molecule has 4 heteroatoms. The third-order valence-electron chi connectivity index (χ3n) is 4.11. The van der Waals surface area contributed by atoms with Gasteiger partial charge in [-0.2, -0.15) is 0 Å². The minimum atomic E-state index is 0. The summed E-state index contributed by atoms with van der Waals surface area (Å²) in [6.45, 7) is 3.23. The molecule has 0 aromatic heterocycles. The monoisotopic (exact) mass is 260 g/mol. The highest BCUT2D eigenvalue weighted by atomic mass is 35.5. The molecule has 2 rings (SSSR count). The predicted molar refractivity (Wildman–Crippen MR) is 72.4 cm³/mol. The molecule has 3 nitrogen and oxygen atoms in total. The number of nitrogens with one attached hydrogen (secondary N) is 1. The van der Waals surface area contributed by atoms with E-state index in [2.05, 4.69) is 5.32 Å². The van der Waals surface area contributed by atoms with E-state index < -0.39 is 0 Å². The maximum atomic E-state index is 11.9. The number of carbonyl (C=O) groups is 1. The van der Waals surface area contributed by atoms with Crippen molar-refractivity contribution >= 4 is 18.3 Å². The zero-order valence-electron chi connectivity index (χ0n) is 10.8. The molecule has 1 heterocycles. The molecular formula is C13H25ClN2O. The van der Waals surface area contributed by atoms with Crippen molar-refractivity contribution < 1.29 is 4.79 Å². The van der Waals surface area contributed by atoms with Crippen LogP contribution in [0.1, 0.15) is 38.5 Å². The number of hydrogen-bond donors (Lipinski definition) is 1. The number of rotatable bonds is 5. The molecule has 2 aliphatic rings. The highest BCUT2D eigenvalue weighted by Crippen LogP contribution is 2.27. The van der Waals surface area contributed by atoms with Gasteiger partial charge in [0.15, 0.2) is 0 Å². The Morgan fingerprint density at radius 3 is 2.59 bits per heavy atom. The van der Waals surface area contributed by atoms with Gasteiger partial charge in [-0.05, 0) is 50.6 Å². The van der Waals surface area contributed by atoms with Crippen LogP contribution < -0.4 is 5.32 Å². The molecule has 100 valence electrons. The van der Waals surface area contributed by atoms with Crippen LogP contribution in [0.25, 0.3) is 0 Å². The van der Waals surface area contributed by atoms with Gasteiger partial charge in [0, 0.05) is 20.0 Å². The minimum Gasteiger partial charge on any atom is -0.345 e. The molecule has 1 aliphatic carbocycles. The minimum absolute atomic E-state index is 0. The number of nitrogens with zero attached hydrogens (tertiary/aromatic N) is 1. The number of halogens is 1. The lowest BCUT2D eigenvalue weighted by Gasteiger charge is -2.30. The molecule has 1 atom stereocenters. The van der Waals surface area contributed by atoms with Gasteiger partial charge in [0.2, 0.25) is 5.91 Å². The standard InChI is InChI=1S/C13H24N2O.ClH/c1-15(10-12-3-2-4-12)13(16)6-5-11-7-8-14-9-11;/h11-12,14H,2-10H2,1H3;1H. The molecule has 1 unspecified atom stereocenters. The second kappa shape index (κ2) is 7.22. The van der Waals surface area contributed by atoms with E-state index in [1.165, 1.54) is 25.7 Å². The maximum Gasteiger partial charge on any atom is 0.222 e. The first-order chi connectivity index (χ1) is 7.75. The van der Waals surface area contributed by atoms with Crippen LogP contribution in [-0.4, -0.2) is 37.5 Å². The fourth-order valence-corrected chi connectivity index (χ4v) is 2.64. The summed E-state index contributed by atoms with van der Waals surface area (Å²) < 4.78 is 0. The Labute approximate surface area is 111 Å². The van der Waals surface area contributed by atoms with Crippen molar-refractivity contribution in [3.05, 3.63) is 0 Å². The summed E-state index contributed by atoms with van der Waals surface area (Å²) in [5.41, 5.74) is 0. The summed E-state index contributed by atoms with van der Waals surface area (Å²) in [7, 11) is 1.97.